The average molecular weight is 270 g/mol. The molecular weight excluding hydrogens is 256 g/mol. The van der Waals surface area contributed by atoms with E-state index < -0.39 is 5.97 Å². The predicted molar refractivity (Wildman–Crippen MR) is 74.9 cm³/mol. The molecule has 0 saturated carbocycles. The van der Waals surface area contributed by atoms with Crippen molar-refractivity contribution in [2.24, 2.45) is 0 Å². The van der Waals surface area contributed by atoms with Crippen LogP contribution in [0.15, 0.2) is 55.1 Å². The van der Waals surface area contributed by atoms with Gasteiger partial charge in [-0.25, -0.2) is 4.79 Å². The zero-order valence-electron chi connectivity index (χ0n) is 10.7. The Hall–Kier alpha value is -2.75. The minimum absolute atomic E-state index is 0.169. The van der Waals surface area contributed by atoms with Crippen LogP contribution in [0, 0.1) is 0 Å². The van der Waals surface area contributed by atoms with Gasteiger partial charge in [0.05, 0.1) is 0 Å². The van der Waals surface area contributed by atoms with E-state index in [4.69, 9.17) is 4.74 Å². The van der Waals surface area contributed by atoms with Gasteiger partial charge in [-0.3, -0.25) is 0 Å². The summed E-state index contributed by atoms with van der Waals surface area (Å²) in [5.41, 5.74) is 1.27. The van der Waals surface area contributed by atoms with E-state index in [-0.39, 0.29) is 11.5 Å². The lowest BCUT2D eigenvalue weighted by Crippen LogP contribution is -2.05. The Morgan fingerprint density at radius 1 is 1.10 bits per heavy atom. The molecule has 0 amide bonds. The molecular formula is C16H14O4. The number of benzene rings is 2. The molecule has 2 N–H and O–H groups in total. The topological polar surface area (TPSA) is 66.8 Å². The Kier molecular flexibility index (Phi) is 4.05. The summed E-state index contributed by atoms with van der Waals surface area (Å²) in [6.45, 7) is 3.35. The highest BCUT2D eigenvalue weighted by Gasteiger charge is 2.11. The van der Waals surface area contributed by atoms with Gasteiger partial charge in [-0.15, -0.1) is 0 Å². The van der Waals surface area contributed by atoms with Gasteiger partial charge < -0.3 is 14.9 Å². The molecule has 0 spiro atoms. The quantitative estimate of drug-likeness (QED) is 0.388. The van der Waals surface area contributed by atoms with Crippen LogP contribution in [0.5, 0.6) is 17.2 Å². The van der Waals surface area contributed by atoms with Crippen molar-refractivity contribution < 1.29 is 19.7 Å². The van der Waals surface area contributed by atoms with E-state index in [1.807, 2.05) is 0 Å². The molecule has 0 aliphatic carbocycles. The third-order valence-electron chi connectivity index (χ3n) is 2.83. The number of ether oxygens (including phenoxy) is 1. The van der Waals surface area contributed by atoms with Gasteiger partial charge in [-0.2, -0.15) is 0 Å². The molecule has 20 heavy (non-hydrogen) atoms. The van der Waals surface area contributed by atoms with E-state index in [1.165, 1.54) is 6.07 Å². The zero-order chi connectivity index (χ0) is 14.5. The molecule has 0 heterocycles. The Morgan fingerprint density at radius 2 is 1.80 bits per heavy atom. The number of carbonyl (C=O) groups excluding carboxylic acids is 1. The van der Waals surface area contributed by atoms with Crippen molar-refractivity contribution in [3.05, 3.63) is 66.2 Å². The van der Waals surface area contributed by atoms with E-state index in [9.17, 15) is 15.0 Å². The molecule has 0 radical (unpaired) electrons. The summed E-state index contributed by atoms with van der Waals surface area (Å²) in [6, 6.07) is 11.7. The lowest BCUT2D eigenvalue weighted by Gasteiger charge is -2.10. The first kappa shape index (κ1) is 13.7. The Bertz CT molecular complexity index is 647. The number of esters is 1. The molecule has 4 heteroatoms. The van der Waals surface area contributed by atoms with Crippen LogP contribution in [-0.4, -0.2) is 16.2 Å². The van der Waals surface area contributed by atoms with Gasteiger partial charge in [-0.1, -0.05) is 36.9 Å². The van der Waals surface area contributed by atoms with Gasteiger partial charge in [0.2, 0.25) is 0 Å². The number of hydrogen-bond acceptors (Lipinski definition) is 4. The van der Waals surface area contributed by atoms with Crippen LogP contribution in [0.4, 0.5) is 0 Å². The maximum absolute atomic E-state index is 11.3. The van der Waals surface area contributed by atoms with Crippen molar-refractivity contribution in [1.82, 2.24) is 0 Å². The van der Waals surface area contributed by atoms with Gasteiger partial charge in [0.1, 0.15) is 5.75 Å². The van der Waals surface area contributed by atoms with Crippen LogP contribution in [0.2, 0.25) is 0 Å². The van der Waals surface area contributed by atoms with Crippen molar-refractivity contribution in [2.45, 2.75) is 6.42 Å². The fourth-order valence-corrected chi connectivity index (χ4v) is 1.83. The van der Waals surface area contributed by atoms with Gasteiger partial charge in [0.15, 0.2) is 11.5 Å². The number of rotatable bonds is 4. The number of carbonyl (C=O) groups is 1. The number of phenolic OH excluding ortho intramolecular Hbond substituents is 2. The monoisotopic (exact) mass is 270 g/mol. The van der Waals surface area contributed by atoms with Crippen LogP contribution in [0.3, 0.4) is 0 Å². The summed E-state index contributed by atoms with van der Waals surface area (Å²) >= 11 is 0. The first-order chi connectivity index (χ1) is 9.61. The first-order valence-corrected chi connectivity index (χ1v) is 6.03. The van der Waals surface area contributed by atoms with E-state index in [2.05, 4.69) is 6.58 Å². The molecule has 0 aliphatic heterocycles. The number of hydrogen-bond donors (Lipinski definition) is 2. The molecule has 2 aromatic rings. The van der Waals surface area contributed by atoms with Crippen molar-refractivity contribution >= 4 is 5.97 Å². The molecule has 0 aromatic heterocycles. The summed E-state index contributed by atoms with van der Waals surface area (Å²) in [5, 5.41) is 19.3. The third-order valence-corrected chi connectivity index (χ3v) is 2.83. The minimum atomic E-state index is -0.544. The van der Waals surface area contributed by atoms with Crippen molar-refractivity contribution in [1.29, 1.82) is 0 Å². The Labute approximate surface area is 116 Å². The van der Waals surface area contributed by atoms with Crippen molar-refractivity contribution in [3.8, 4) is 17.2 Å². The summed E-state index contributed by atoms with van der Waals surface area (Å²) in [6.07, 6.45) is 1.42. The highest BCUT2D eigenvalue weighted by atomic mass is 16.5. The predicted octanol–water partition coefficient (Wildman–Crippen LogP) is 2.78. The standard InChI is InChI=1S/C16H14O4/c1-2-15(18)20-14-9-4-3-6-11(14)10-12-7-5-8-13(17)16(12)19/h2-9,17,19H,1,10H2. The fourth-order valence-electron chi connectivity index (χ4n) is 1.83. The van der Waals surface area contributed by atoms with Gasteiger partial charge in [0.25, 0.3) is 0 Å². The summed E-state index contributed by atoms with van der Waals surface area (Å²) < 4.78 is 5.14. The van der Waals surface area contributed by atoms with Gasteiger partial charge >= 0.3 is 5.97 Å². The SMILES string of the molecule is C=CC(=O)Oc1ccccc1Cc1cccc(O)c1O. The Morgan fingerprint density at radius 3 is 2.55 bits per heavy atom. The van der Waals surface area contributed by atoms with E-state index in [0.717, 1.165) is 11.6 Å². The molecule has 0 unspecified atom stereocenters. The molecule has 2 aromatic carbocycles. The van der Waals surface area contributed by atoms with Gasteiger partial charge in [-0.05, 0) is 17.7 Å². The van der Waals surface area contributed by atoms with E-state index >= 15 is 0 Å². The summed E-state index contributed by atoms with van der Waals surface area (Å²) in [5.74, 6) is -0.488. The van der Waals surface area contributed by atoms with Crippen LogP contribution < -0.4 is 4.74 Å². The Balaban J connectivity index is 2.31. The lowest BCUT2D eigenvalue weighted by molar-refractivity contribution is -0.129. The largest absolute Gasteiger partial charge is 0.504 e. The van der Waals surface area contributed by atoms with Crippen LogP contribution in [0.1, 0.15) is 11.1 Å². The van der Waals surface area contributed by atoms with E-state index in [0.29, 0.717) is 17.7 Å². The highest BCUT2D eigenvalue weighted by molar-refractivity contribution is 5.83. The molecule has 0 bridgehead atoms. The normalized spacial score (nSPS) is 10.0. The van der Waals surface area contributed by atoms with E-state index in [1.54, 1.807) is 36.4 Å². The lowest BCUT2D eigenvalue weighted by atomic mass is 10.0. The van der Waals surface area contributed by atoms with Crippen molar-refractivity contribution in [3.63, 3.8) is 0 Å². The number of phenols is 2. The molecule has 0 atom stereocenters. The molecule has 0 fully saturated rings. The van der Waals surface area contributed by atoms with Crippen LogP contribution in [0.25, 0.3) is 0 Å². The minimum Gasteiger partial charge on any atom is -0.504 e. The zero-order valence-corrected chi connectivity index (χ0v) is 10.7. The molecule has 0 saturated heterocycles. The second kappa shape index (κ2) is 5.93. The number of aromatic hydroxyl groups is 2. The van der Waals surface area contributed by atoms with Gasteiger partial charge in [0, 0.05) is 18.1 Å². The highest BCUT2D eigenvalue weighted by Crippen LogP contribution is 2.31. The third kappa shape index (κ3) is 2.98. The summed E-state index contributed by atoms with van der Waals surface area (Å²) in [7, 11) is 0. The first-order valence-electron chi connectivity index (χ1n) is 6.03. The number of para-hydroxylation sites is 2. The molecule has 102 valence electrons. The van der Waals surface area contributed by atoms with Crippen LogP contribution >= 0.6 is 0 Å². The summed E-state index contributed by atoms with van der Waals surface area (Å²) in [4.78, 5) is 11.3. The van der Waals surface area contributed by atoms with Crippen LogP contribution in [-0.2, 0) is 11.2 Å². The van der Waals surface area contributed by atoms with Crippen molar-refractivity contribution in [2.75, 3.05) is 0 Å². The maximum Gasteiger partial charge on any atom is 0.335 e. The average Bonchev–Trinajstić information content (AvgIpc) is 2.45. The maximum atomic E-state index is 11.3. The molecule has 0 aliphatic rings. The second-order valence-electron chi connectivity index (χ2n) is 4.19. The molecule has 4 nitrogen and oxygen atoms in total. The molecule has 2 rings (SSSR count). The smallest absolute Gasteiger partial charge is 0.335 e. The second-order valence-corrected chi connectivity index (χ2v) is 4.19. The fraction of sp³-hybridized carbons (Fsp3) is 0.0625.